The Balaban J connectivity index is 1.41. The maximum absolute atomic E-state index is 13.1. The van der Waals surface area contributed by atoms with Crippen LogP contribution in [0.1, 0.15) is 25.3 Å². The van der Waals surface area contributed by atoms with Crippen LogP contribution in [0.4, 0.5) is 11.5 Å². The summed E-state index contributed by atoms with van der Waals surface area (Å²) >= 11 is 1.41. The van der Waals surface area contributed by atoms with Gasteiger partial charge in [0, 0.05) is 30.1 Å². The summed E-state index contributed by atoms with van der Waals surface area (Å²) < 4.78 is 27.6. The van der Waals surface area contributed by atoms with Crippen LogP contribution >= 0.6 is 11.8 Å². The van der Waals surface area contributed by atoms with Crippen molar-refractivity contribution in [3.05, 3.63) is 42.1 Å². The number of aromatic nitrogens is 1. The van der Waals surface area contributed by atoms with Crippen molar-refractivity contribution < 1.29 is 18.0 Å². The van der Waals surface area contributed by atoms with E-state index in [2.05, 4.69) is 15.6 Å². The lowest BCUT2D eigenvalue weighted by molar-refractivity contribution is -0.121. The average Bonchev–Trinajstić information content (AvgIpc) is 2.76. The third-order valence-electron chi connectivity index (χ3n) is 5.51. The molecule has 1 unspecified atom stereocenters. The molecule has 0 aliphatic carbocycles. The predicted molar refractivity (Wildman–Crippen MR) is 119 cm³/mol. The van der Waals surface area contributed by atoms with E-state index in [9.17, 15) is 18.0 Å². The van der Waals surface area contributed by atoms with Crippen LogP contribution in [0.2, 0.25) is 0 Å². The molecule has 1 aromatic heterocycles. The van der Waals surface area contributed by atoms with E-state index >= 15 is 0 Å². The topological polar surface area (TPSA) is 108 Å². The lowest BCUT2D eigenvalue weighted by Gasteiger charge is -2.31. The van der Waals surface area contributed by atoms with Gasteiger partial charge in [0.25, 0.3) is 0 Å². The number of aryl methyl sites for hydroxylation is 1. The molecule has 1 atom stereocenters. The van der Waals surface area contributed by atoms with Gasteiger partial charge in [0.1, 0.15) is 5.82 Å². The third-order valence-corrected chi connectivity index (χ3v) is 8.58. The number of sulfonamides is 1. The summed E-state index contributed by atoms with van der Waals surface area (Å²) in [4.78, 5) is 29.6. The minimum absolute atomic E-state index is 0.137. The van der Waals surface area contributed by atoms with Crippen LogP contribution < -0.4 is 10.6 Å². The molecule has 1 saturated heterocycles. The largest absolute Gasteiger partial charge is 0.324 e. The van der Waals surface area contributed by atoms with Gasteiger partial charge in [0.2, 0.25) is 21.8 Å². The molecular formula is C21H24N4O4S2. The van der Waals surface area contributed by atoms with Crippen LogP contribution in [0.3, 0.4) is 0 Å². The molecule has 1 fully saturated rings. The Bertz CT molecular complexity index is 1110. The van der Waals surface area contributed by atoms with E-state index in [1.807, 2.05) is 19.9 Å². The van der Waals surface area contributed by atoms with Crippen molar-refractivity contribution in [3.8, 4) is 0 Å². The van der Waals surface area contributed by atoms with E-state index in [4.69, 9.17) is 0 Å². The summed E-state index contributed by atoms with van der Waals surface area (Å²) in [7, 11) is -3.71. The van der Waals surface area contributed by atoms with E-state index in [0.717, 1.165) is 10.5 Å². The lowest BCUT2D eigenvalue weighted by atomic mass is 9.97. The summed E-state index contributed by atoms with van der Waals surface area (Å²) in [5, 5.41) is 5.36. The molecule has 3 heterocycles. The number of fused-ring (bicyclic) bond motifs is 1. The minimum Gasteiger partial charge on any atom is -0.324 e. The number of pyridine rings is 1. The highest BCUT2D eigenvalue weighted by molar-refractivity contribution is 8.01. The molecule has 2 aliphatic rings. The molecule has 10 heteroatoms. The molecule has 8 nitrogen and oxygen atoms in total. The van der Waals surface area contributed by atoms with Gasteiger partial charge < -0.3 is 10.6 Å². The molecule has 31 heavy (non-hydrogen) atoms. The van der Waals surface area contributed by atoms with Crippen LogP contribution in [0.15, 0.2) is 46.3 Å². The third kappa shape index (κ3) is 4.60. The highest BCUT2D eigenvalue weighted by Gasteiger charge is 2.33. The SMILES string of the molecule is Cc1ccc(NC(=O)C2CCN(S(=O)(=O)c3ccc4c(c3)NC(=O)C(C)S4)CC2)nc1. The average molecular weight is 461 g/mol. The zero-order valence-electron chi connectivity index (χ0n) is 17.3. The summed E-state index contributed by atoms with van der Waals surface area (Å²) in [5.41, 5.74) is 1.53. The van der Waals surface area contributed by atoms with Crippen LogP contribution in [0.5, 0.6) is 0 Å². The number of hydrogen-bond acceptors (Lipinski definition) is 6. The molecule has 4 rings (SSSR count). The number of amides is 2. The van der Waals surface area contributed by atoms with Gasteiger partial charge in [-0.1, -0.05) is 6.07 Å². The van der Waals surface area contributed by atoms with Gasteiger partial charge in [-0.2, -0.15) is 4.31 Å². The highest BCUT2D eigenvalue weighted by atomic mass is 32.2. The van der Waals surface area contributed by atoms with Gasteiger partial charge in [-0.3, -0.25) is 9.59 Å². The van der Waals surface area contributed by atoms with Gasteiger partial charge in [0.15, 0.2) is 0 Å². The molecule has 0 saturated carbocycles. The maximum atomic E-state index is 13.1. The normalized spacial score (nSPS) is 20.1. The Kier molecular flexibility index (Phi) is 6.05. The second kappa shape index (κ2) is 8.60. The fourth-order valence-corrected chi connectivity index (χ4v) is 6.05. The molecule has 2 amide bonds. The first-order chi connectivity index (χ1) is 14.7. The summed E-state index contributed by atoms with van der Waals surface area (Å²) in [6.07, 6.45) is 2.56. The van der Waals surface area contributed by atoms with Gasteiger partial charge in [-0.05, 0) is 56.5 Å². The Labute approximate surface area is 185 Å². The predicted octanol–water partition coefficient (Wildman–Crippen LogP) is 2.86. The molecule has 2 N–H and O–H groups in total. The Morgan fingerprint density at radius 1 is 1.23 bits per heavy atom. The summed E-state index contributed by atoms with van der Waals surface area (Å²) in [6, 6.07) is 8.45. The van der Waals surface area contributed by atoms with Crippen molar-refractivity contribution in [1.29, 1.82) is 0 Å². The second-order valence-corrected chi connectivity index (χ2v) is 11.1. The Morgan fingerprint density at radius 3 is 2.65 bits per heavy atom. The van der Waals surface area contributed by atoms with Crippen molar-refractivity contribution in [2.45, 2.75) is 41.7 Å². The molecule has 1 aromatic carbocycles. The number of carbonyl (C=O) groups excluding carboxylic acids is 2. The minimum atomic E-state index is -3.71. The van der Waals surface area contributed by atoms with Crippen LogP contribution in [0, 0.1) is 12.8 Å². The molecule has 0 radical (unpaired) electrons. The van der Waals surface area contributed by atoms with Gasteiger partial charge >= 0.3 is 0 Å². The molecular weight excluding hydrogens is 436 g/mol. The smallest absolute Gasteiger partial charge is 0.243 e. The van der Waals surface area contributed by atoms with Crippen molar-refractivity contribution in [1.82, 2.24) is 9.29 Å². The van der Waals surface area contributed by atoms with E-state index in [1.165, 1.54) is 22.1 Å². The first kappa shape index (κ1) is 21.8. The van der Waals surface area contributed by atoms with Crippen LogP contribution in [0.25, 0.3) is 0 Å². The van der Waals surface area contributed by atoms with Gasteiger partial charge in [-0.15, -0.1) is 11.8 Å². The van der Waals surface area contributed by atoms with Gasteiger partial charge in [-0.25, -0.2) is 13.4 Å². The highest BCUT2D eigenvalue weighted by Crippen LogP contribution is 2.37. The maximum Gasteiger partial charge on any atom is 0.243 e. The zero-order chi connectivity index (χ0) is 22.2. The standard InChI is InChI=1S/C21H24N4O4S2/c1-13-3-6-19(22-12-13)24-21(27)15-7-9-25(10-8-15)31(28,29)16-4-5-18-17(11-16)23-20(26)14(2)30-18/h3-6,11-12,14-15H,7-10H2,1-2H3,(H,23,26)(H,22,24,27). The summed E-state index contributed by atoms with van der Waals surface area (Å²) in [6.45, 7) is 4.25. The Morgan fingerprint density at radius 2 is 1.97 bits per heavy atom. The number of nitrogens with one attached hydrogen (secondary N) is 2. The molecule has 0 bridgehead atoms. The number of rotatable bonds is 4. The lowest BCUT2D eigenvalue weighted by Crippen LogP contribution is -2.41. The zero-order valence-corrected chi connectivity index (χ0v) is 18.9. The van der Waals surface area contributed by atoms with Crippen LogP contribution in [-0.2, 0) is 19.6 Å². The quantitative estimate of drug-likeness (QED) is 0.726. The van der Waals surface area contributed by atoms with Crippen molar-refractivity contribution in [2.75, 3.05) is 23.7 Å². The van der Waals surface area contributed by atoms with Crippen molar-refractivity contribution >= 4 is 45.1 Å². The monoisotopic (exact) mass is 460 g/mol. The van der Waals surface area contributed by atoms with E-state index in [-0.39, 0.29) is 41.0 Å². The van der Waals surface area contributed by atoms with E-state index in [1.54, 1.807) is 24.4 Å². The first-order valence-corrected chi connectivity index (χ1v) is 12.4. The molecule has 164 valence electrons. The number of hydrogen-bond donors (Lipinski definition) is 2. The number of thioether (sulfide) groups is 1. The van der Waals surface area contributed by atoms with E-state index < -0.39 is 10.0 Å². The fourth-order valence-electron chi connectivity index (χ4n) is 3.63. The molecule has 0 spiro atoms. The summed E-state index contributed by atoms with van der Waals surface area (Å²) in [5.74, 6) is -0.0535. The number of carbonyl (C=O) groups is 2. The second-order valence-electron chi connectivity index (χ2n) is 7.80. The van der Waals surface area contributed by atoms with Crippen molar-refractivity contribution in [3.63, 3.8) is 0 Å². The van der Waals surface area contributed by atoms with E-state index in [0.29, 0.717) is 24.3 Å². The number of benzene rings is 1. The molecule has 2 aromatic rings. The van der Waals surface area contributed by atoms with Gasteiger partial charge in [0.05, 0.1) is 15.8 Å². The Hall–Kier alpha value is -2.43. The number of nitrogens with zero attached hydrogens (tertiary/aromatic N) is 2. The van der Waals surface area contributed by atoms with Crippen LogP contribution in [-0.4, -0.2) is 47.9 Å². The number of anilines is 2. The fraction of sp³-hybridized carbons (Fsp3) is 0.381. The van der Waals surface area contributed by atoms with Crippen molar-refractivity contribution in [2.24, 2.45) is 5.92 Å². The first-order valence-electron chi connectivity index (χ1n) is 10.1. The molecule has 2 aliphatic heterocycles. The number of piperidine rings is 1.